The van der Waals surface area contributed by atoms with Gasteiger partial charge in [-0.1, -0.05) is 12.1 Å². The SMILES string of the molecule is COc1cc(C=C[N+](=O)[O-])ccc1O[C@@H]1O[C@H](COC(C)=O)[C@@H](O)[C@H](O)[C@H]1O.COc1cc(C=C[N+](=O)[O-])ccc1[C@@]1(O)O[C@H](CO)[C@@H](O)[C@H](O)[C@]1(O)C(C)=O. The summed E-state index contributed by atoms with van der Waals surface area (Å²) < 4.78 is 31.4. The monoisotopic (exact) mass is 798 g/mol. The van der Waals surface area contributed by atoms with Crippen LogP contribution in [0.2, 0.25) is 0 Å². The average molecular weight is 799 g/mol. The standard InChI is InChI=1S/2C17H21NO10/c1-9(19)26-8-13-14(20)15(21)16(22)17(28-13)27-11-4-3-10(5-6-18(23)24)7-12(11)25-2;1-9(20)16(23)15(22)14(21)13(8-19)28-17(16,24)11-4-3-10(5-6-18(25)26)7-12(11)27-2/h3-7,13-17,20-22H,8H2,1-2H3;3-7,13-15,19,21-24H,8H2,1-2H3/t2*13-,14-,15+,16-,17-/m11/s1. The van der Waals surface area contributed by atoms with Gasteiger partial charge < -0.3 is 69.3 Å². The van der Waals surface area contributed by atoms with E-state index in [9.17, 15) is 70.7 Å². The van der Waals surface area contributed by atoms with E-state index >= 15 is 0 Å². The second kappa shape index (κ2) is 19.1. The van der Waals surface area contributed by atoms with Crippen LogP contribution in [0.3, 0.4) is 0 Å². The van der Waals surface area contributed by atoms with Gasteiger partial charge in [0, 0.05) is 19.1 Å². The Hall–Kier alpha value is -5.14. The minimum Gasteiger partial charge on any atom is -0.496 e. The summed E-state index contributed by atoms with van der Waals surface area (Å²) in [5.74, 6) is -4.43. The lowest BCUT2D eigenvalue weighted by molar-refractivity contribution is -0.401. The lowest BCUT2D eigenvalue weighted by atomic mass is 9.74. The van der Waals surface area contributed by atoms with Crippen LogP contribution in [0.1, 0.15) is 30.5 Å². The van der Waals surface area contributed by atoms with Gasteiger partial charge in [0.25, 0.3) is 0 Å². The van der Waals surface area contributed by atoms with Gasteiger partial charge in [-0.15, -0.1) is 0 Å². The van der Waals surface area contributed by atoms with Gasteiger partial charge in [0.05, 0.1) is 36.2 Å². The molecule has 2 heterocycles. The Labute approximate surface area is 317 Å². The van der Waals surface area contributed by atoms with Crippen LogP contribution < -0.4 is 14.2 Å². The van der Waals surface area contributed by atoms with Crippen molar-refractivity contribution in [1.82, 2.24) is 0 Å². The Morgan fingerprint density at radius 3 is 1.86 bits per heavy atom. The summed E-state index contributed by atoms with van der Waals surface area (Å²) in [6.07, 6.45) is -8.97. The highest BCUT2D eigenvalue weighted by atomic mass is 16.7. The molecule has 308 valence electrons. The number of nitrogens with zero attached hydrogens (tertiary/aromatic N) is 2. The van der Waals surface area contributed by atoms with Crippen molar-refractivity contribution in [3.63, 3.8) is 0 Å². The van der Waals surface area contributed by atoms with Crippen LogP contribution >= 0.6 is 0 Å². The van der Waals surface area contributed by atoms with Crippen LogP contribution in [0, 0.1) is 20.2 Å². The molecule has 2 aromatic rings. The summed E-state index contributed by atoms with van der Waals surface area (Å²) in [6.45, 7) is 0.876. The van der Waals surface area contributed by atoms with Crippen molar-refractivity contribution in [2.75, 3.05) is 27.4 Å². The summed E-state index contributed by atoms with van der Waals surface area (Å²) >= 11 is 0. The van der Waals surface area contributed by atoms with E-state index in [0.29, 0.717) is 17.3 Å². The van der Waals surface area contributed by atoms with E-state index in [2.05, 4.69) is 0 Å². The van der Waals surface area contributed by atoms with Crippen molar-refractivity contribution in [3.8, 4) is 17.2 Å². The predicted octanol–water partition coefficient (Wildman–Crippen LogP) is -1.79. The molecule has 22 heteroatoms. The molecule has 2 aliphatic heterocycles. The maximum absolute atomic E-state index is 12.2. The number of nitro groups is 2. The van der Waals surface area contributed by atoms with Gasteiger partial charge in [-0.05, 0) is 42.3 Å². The second-order valence-electron chi connectivity index (χ2n) is 12.2. The lowest BCUT2D eigenvalue weighted by Crippen LogP contribution is -2.74. The first-order chi connectivity index (χ1) is 26.2. The van der Waals surface area contributed by atoms with Crippen molar-refractivity contribution in [1.29, 1.82) is 0 Å². The minimum atomic E-state index is -3.00. The Balaban J connectivity index is 0.000000300. The third kappa shape index (κ3) is 9.99. The van der Waals surface area contributed by atoms with Crippen molar-refractivity contribution in [2.24, 2.45) is 0 Å². The molecule has 2 fully saturated rings. The van der Waals surface area contributed by atoms with Crippen molar-refractivity contribution in [3.05, 3.63) is 85.7 Å². The zero-order valence-corrected chi connectivity index (χ0v) is 30.2. The normalized spacial score (nSPS) is 30.2. The highest BCUT2D eigenvalue weighted by molar-refractivity contribution is 5.87. The fourth-order valence-electron chi connectivity index (χ4n) is 5.64. The smallest absolute Gasteiger partial charge is 0.302 e. The number of ether oxygens (including phenoxy) is 6. The number of carbonyl (C=O) groups excluding carboxylic acids is 2. The summed E-state index contributed by atoms with van der Waals surface area (Å²) in [5, 5.41) is 103. The summed E-state index contributed by atoms with van der Waals surface area (Å²) in [7, 11) is 2.55. The predicted molar refractivity (Wildman–Crippen MR) is 185 cm³/mol. The van der Waals surface area contributed by atoms with Gasteiger partial charge in [0.15, 0.2) is 17.3 Å². The fourth-order valence-corrected chi connectivity index (χ4v) is 5.64. The molecule has 0 aromatic heterocycles. The second-order valence-corrected chi connectivity index (χ2v) is 12.2. The summed E-state index contributed by atoms with van der Waals surface area (Å²) in [6, 6.07) is 8.16. The number of ketones is 1. The maximum atomic E-state index is 12.2. The Bertz CT molecular complexity index is 1790. The van der Waals surface area contributed by atoms with Crippen LogP contribution in [0.5, 0.6) is 17.2 Å². The molecule has 22 nitrogen and oxygen atoms in total. The zero-order chi connectivity index (χ0) is 42.1. The molecule has 2 aromatic carbocycles. The molecule has 56 heavy (non-hydrogen) atoms. The molecule has 8 N–H and O–H groups in total. The molecule has 0 spiro atoms. The number of Topliss-reactive ketones (excluding diaryl/α,β-unsaturated/α-hetero) is 1. The molecule has 2 aliphatic rings. The molecule has 10 atom stereocenters. The van der Waals surface area contributed by atoms with Gasteiger partial charge in [-0.25, -0.2) is 0 Å². The Kier molecular flexibility index (Phi) is 15.5. The topological polar surface area (TPSA) is 338 Å². The summed E-state index contributed by atoms with van der Waals surface area (Å²) in [4.78, 5) is 42.7. The zero-order valence-electron chi connectivity index (χ0n) is 30.2. The van der Waals surface area contributed by atoms with Crippen LogP contribution in [0.25, 0.3) is 12.2 Å². The summed E-state index contributed by atoms with van der Waals surface area (Å²) in [5.41, 5.74) is -2.53. The minimum absolute atomic E-state index is 0.125. The van der Waals surface area contributed by atoms with Crippen LogP contribution in [-0.4, -0.2) is 145 Å². The highest BCUT2D eigenvalue weighted by Crippen LogP contribution is 2.47. The van der Waals surface area contributed by atoms with Gasteiger partial charge in [-0.3, -0.25) is 29.8 Å². The molecule has 0 bridgehead atoms. The third-order valence-corrected chi connectivity index (χ3v) is 8.61. The first kappa shape index (κ1) is 45.3. The number of hydrogen-bond donors (Lipinski definition) is 8. The molecule has 2 saturated heterocycles. The van der Waals surface area contributed by atoms with E-state index in [0.717, 1.165) is 19.2 Å². The largest absolute Gasteiger partial charge is 0.496 e. The number of esters is 1. The Morgan fingerprint density at radius 2 is 1.36 bits per heavy atom. The molecule has 0 amide bonds. The van der Waals surface area contributed by atoms with Crippen molar-refractivity contribution in [2.45, 2.75) is 74.3 Å². The molecule has 4 rings (SSSR count). The Morgan fingerprint density at radius 1 is 0.804 bits per heavy atom. The number of methoxy groups -OCH3 is 2. The number of aliphatic hydroxyl groups excluding tert-OH is 6. The molecular weight excluding hydrogens is 756 g/mol. The van der Waals surface area contributed by atoms with Crippen molar-refractivity contribution >= 4 is 23.9 Å². The van der Waals surface area contributed by atoms with E-state index < -0.39 is 88.6 Å². The van der Waals surface area contributed by atoms with Gasteiger partial charge in [0.1, 0.15) is 55.1 Å². The number of aliphatic hydroxyl groups is 8. The van der Waals surface area contributed by atoms with E-state index in [1.807, 2.05) is 0 Å². The van der Waals surface area contributed by atoms with E-state index in [4.69, 9.17) is 28.4 Å². The fraction of sp³-hybridized carbons (Fsp3) is 0.471. The molecule has 0 unspecified atom stereocenters. The van der Waals surface area contributed by atoms with Gasteiger partial charge in [-0.2, -0.15) is 0 Å². The van der Waals surface area contributed by atoms with E-state index in [1.165, 1.54) is 63.6 Å². The van der Waals surface area contributed by atoms with E-state index in [1.54, 1.807) is 0 Å². The quantitative estimate of drug-likeness (QED) is 0.0630. The molecule has 0 aliphatic carbocycles. The van der Waals surface area contributed by atoms with Gasteiger partial charge >= 0.3 is 5.97 Å². The third-order valence-electron chi connectivity index (χ3n) is 8.61. The number of benzene rings is 2. The van der Waals surface area contributed by atoms with Gasteiger partial charge in [0.2, 0.25) is 30.1 Å². The van der Waals surface area contributed by atoms with Crippen LogP contribution in [0.15, 0.2) is 48.8 Å². The number of hydrogen-bond acceptors (Lipinski definition) is 20. The first-order valence-corrected chi connectivity index (χ1v) is 16.4. The number of carbonyl (C=O) groups is 2. The molecule has 0 saturated carbocycles. The first-order valence-electron chi connectivity index (χ1n) is 16.4. The van der Waals surface area contributed by atoms with E-state index in [-0.39, 0.29) is 29.4 Å². The van der Waals surface area contributed by atoms with Crippen LogP contribution in [-0.2, 0) is 29.6 Å². The van der Waals surface area contributed by atoms with Crippen molar-refractivity contribution < 1.29 is 88.7 Å². The molecular formula is C34H42N2O20. The highest BCUT2D eigenvalue weighted by Gasteiger charge is 2.67. The average Bonchev–Trinajstić information content (AvgIpc) is 3.16. The molecule has 0 radical (unpaired) electrons. The lowest BCUT2D eigenvalue weighted by Gasteiger charge is -2.51. The van der Waals surface area contributed by atoms with Crippen LogP contribution in [0.4, 0.5) is 0 Å². The number of rotatable bonds is 13. The maximum Gasteiger partial charge on any atom is 0.302 e.